The van der Waals surface area contributed by atoms with E-state index in [1.807, 2.05) is 0 Å². The molecule has 4 nitrogen and oxygen atoms in total. The van der Waals surface area contributed by atoms with Gasteiger partial charge in [0.2, 0.25) is 0 Å². The molecule has 0 bridgehead atoms. The first-order chi connectivity index (χ1) is 8.47. The minimum absolute atomic E-state index is 0.0739. The maximum Gasteiger partial charge on any atom is 0.290 e. The van der Waals surface area contributed by atoms with Gasteiger partial charge in [-0.3, -0.25) is 4.79 Å². The predicted molar refractivity (Wildman–Crippen MR) is 74.1 cm³/mol. The number of rotatable bonds is 2. The zero-order valence-electron chi connectivity index (χ0n) is 11.5. The summed E-state index contributed by atoms with van der Waals surface area (Å²) in [4.78, 5) is 19.2. The number of aromatic amines is 1. The molecule has 0 spiro atoms. The first-order valence-electron chi connectivity index (χ1n) is 6.83. The second-order valence-electron chi connectivity index (χ2n) is 6.20. The van der Waals surface area contributed by atoms with E-state index in [0.717, 1.165) is 18.5 Å². The van der Waals surface area contributed by atoms with E-state index in [1.54, 1.807) is 6.20 Å². The van der Waals surface area contributed by atoms with E-state index in [0.29, 0.717) is 11.9 Å². The molecule has 1 aromatic heterocycles. The molecule has 1 fully saturated rings. The molecule has 2 N–H and O–H groups in total. The van der Waals surface area contributed by atoms with Crippen molar-refractivity contribution in [2.75, 3.05) is 5.32 Å². The molecule has 1 aliphatic rings. The summed E-state index contributed by atoms with van der Waals surface area (Å²) in [6.45, 7) is 6.19. The van der Waals surface area contributed by atoms with Gasteiger partial charge in [0.15, 0.2) is 5.82 Å². The maximum absolute atomic E-state index is 12.0. The van der Waals surface area contributed by atoms with Crippen LogP contribution in [0, 0.1) is 0 Å². The Morgan fingerprint density at radius 2 is 1.94 bits per heavy atom. The SMILES string of the molecule is CC(C)(C)c1cnc(NC2CCCCC2)c(=O)[nH]1. The Morgan fingerprint density at radius 1 is 1.28 bits per heavy atom. The van der Waals surface area contributed by atoms with Gasteiger partial charge in [0.05, 0.1) is 0 Å². The van der Waals surface area contributed by atoms with Crippen LogP contribution in [0.1, 0.15) is 58.6 Å². The molecule has 0 radical (unpaired) electrons. The number of nitrogens with zero attached hydrogens (tertiary/aromatic N) is 1. The number of anilines is 1. The van der Waals surface area contributed by atoms with Gasteiger partial charge in [0.25, 0.3) is 5.56 Å². The normalized spacial score (nSPS) is 17.7. The zero-order valence-corrected chi connectivity index (χ0v) is 11.5. The van der Waals surface area contributed by atoms with Gasteiger partial charge in [-0.25, -0.2) is 4.98 Å². The molecule has 1 heterocycles. The van der Waals surface area contributed by atoms with Gasteiger partial charge in [-0.15, -0.1) is 0 Å². The fraction of sp³-hybridized carbons (Fsp3) is 0.714. The Morgan fingerprint density at radius 3 is 2.50 bits per heavy atom. The van der Waals surface area contributed by atoms with Crippen LogP contribution in [-0.4, -0.2) is 16.0 Å². The minimum atomic E-state index is -0.104. The first-order valence-corrected chi connectivity index (χ1v) is 6.83. The van der Waals surface area contributed by atoms with Gasteiger partial charge in [-0.05, 0) is 12.8 Å². The van der Waals surface area contributed by atoms with Crippen molar-refractivity contribution >= 4 is 5.82 Å². The second-order valence-corrected chi connectivity index (χ2v) is 6.20. The lowest BCUT2D eigenvalue weighted by Gasteiger charge is -2.23. The van der Waals surface area contributed by atoms with Crippen LogP contribution in [0.5, 0.6) is 0 Å². The highest BCUT2D eigenvalue weighted by molar-refractivity contribution is 5.33. The summed E-state index contributed by atoms with van der Waals surface area (Å²) in [6, 6.07) is 0.410. The van der Waals surface area contributed by atoms with E-state index in [1.165, 1.54) is 19.3 Å². The molecule has 100 valence electrons. The Kier molecular flexibility index (Phi) is 3.73. The third-order valence-corrected chi connectivity index (χ3v) is 3.54. The monoisotopic (exact) mass is 249 g/mol. The summed E-state index contributed by atoms with van der Waals surface area (Å²) in [5, 5.41) is 3.27. The minimum Gasteiger partial charge on any atom is -0.363 e. The number of nitrogens with one attached hydrogen (secondary N) is 2. The highest BCUT2D eigenvalue weighted by atomic mass is 16.1. The van der Waals surface area contributed by atoms with Crippen molar-refractivity contribution in [3.8, 4) is 0 Å². The van der Waals surface area contributed by atoms with Crippen LogP contribution < -0.4 is 10.9 Å². The molecule has 2 rings (SSSR count). The Balaban J connectivity index is 2.12. The summed E-state index contributed by atoms with van der Waals surface area (Å²) in [6.07, 6.45) is 7.85. The number of H-pyrrole nitrogens is 1. The summed E-state index contributed by atoms with van der Waals surface area (Å²) < 4.78 is 0. The molecule has 0 atom stereocenters. The largest absolute Gasteiger partial charge is 0.363 e. The van der Waals surface area contributed by atoms with Crippen LogP contribution in [0.2, 0.25) is 0 Å². The summed E-state index contributed by atoms with van der Waals surface area (Å²) in [7, 11) is 0. The maximum atomic E-state index is 12.0. The van der Waals surface area contributed by atoms with Crippen molar-refractivity contribution < 1.29 is 0 Å². The molecule has 0 aromatic carbocycles. The molecule has 0 saturated heterocycles. The van der Waals surface area contributed by atoms with Gasteiger partial charge in [0.1, 0.15) is 0 Å². The van der Waals surface area contributed by atoms with E-state index in [9.17, 15) is 4.79 Å². The fourth-order valence-corrected chi connectivity index (χ4v) is 2.33. The van der Waals surface area contributed by atoms with Crippen molar-refractivity contribution in [1.29, 1.82) is 0 Å². The number of hydrogen-bond acceptors (Lipinski definition) is 3. The Labute approximate surface area is 108 Å². The summed E-state index contributed by atoms with van der Waals surface area (Å²) in [5.74, 6) is 0.468. The first kappa shape index (κ1) is 13.1. The third-order valence-electron chi connectivity index (χ3n) is 3.54. The molecule has 0 amide bonds. The molecule has 4 heteroatoms. The van der Waals surface area contributed by atoms with Gasteiger partial charge in [-0.1, -0.05) is 40.0 Å². The van der Waals surface area contributed by atoms with Crippen LogP contribution in [-0.2, 0) is 5.41 Å². The molecular weight excluding hydrogens is 226 g/mol. The average Bonchev–Trinajstić information content (AvgIpc) is 2.32. The molecule has 1 aromatic rings. The van der Waals surface area contributed by atoms with E-state index in [4.69, 9.17) is 0 Å². The third kappa shape index (κ3) is 3.12. The number of aromatic nitrogens is 2. The van der Waals surface area contributed by atoms with Crippen molar-refractivity contribution in [3.05, 3.63) is 22.2 Å². The molecule has 0 aliphatic heterocycles. The lowest BCUT2D eigenvalue weighted by Crippen LogP contribution is -2.29. The van der Waals surface area contributed by atoms with E-state index < -0.39 is 0 Å². The molecule has 0 unspecified atom stereocenters. The summed E-state index contributed by atoms with van der Waals surface area (Å²) >= 11 is 0. The topological polar surface area (TPSA) is 57.8 Å². The average molecular weight is 249 g/mol. The van der Waals surface area contributed by atoms with Crippen LogP contribution in [0.4, 0.5) is 5.82 Å². The van der Waals surface area contributed by atoms with Gasteiger partial charge < -0.3 is 10.3 Å². The smallest absolute Gasteiger partial charge is 0.290 e. The van der Waals surface area contributed by atoms with Gasteiger partial charge >= 0.3 is 0 Å². The number of hydrogen-bond donors (Lipinski definition) is 2. The van der Waals surface area contributed by atoms with Crippen LogP contribution >= 0.6 is 0 Å². The highest BCUT2D eigenvalue weighted by Gasteiger charge is 2.18. The fourth-order valence-electron chi connectivity index (χ4n) is 2.33. The van der Waals surface area contributed by atoms with E-state index >= 15 is 0 Å². The van der Waals surface area contributed by atoms with Crippen LogP contribution in [0.3, 0.4) is 0 Å². The second kappa shape index (κ2) is 5.12. The molecule has 18 heavy (non-hydrogen) atoms. The quantitative estimate of drug-likeness (QED) is 0.847. The Bertz CT molecular complexity index is 453. The van der Waals surface area contributed by atoms with Gasteiger partial charge in [-0.2, -0.15) is 0 Å². The predicted octanol–water partition coefficient (Wildman–Crippen LogP) is 2.81. The van der Waals surface area contributed by atoms with Crippen molar-refractivity contribution in [1.82, 2.24) is 9.97 Å². The Hall–Kier alpha value is -1.32. The van der Waals surface area contributed by atoms with Crippen molar-refractivity contribution in [3.63, 3.8) is 0 Å². The van der Waals surface area contributed by atoms with E-state index in [2.05, 4.69) is 36.1 Å². The highest BCUT2D eigenvalue weighted by Crippen LogP contribution is 2.21. The van der Waals surface area contributed by atoms with Crippen LogP contribution in [0.25, 0.3) is 0 Å². The molecule has 1 aliphatic carbocycles. The van der Waals surface area contributed by atoms with E-state index in [-0.39, 0.29) is 11.0 Å². The standard InChI is InChI=1S/C14H23N3O/c1-14(2,3)11-9-15-12(13(18)17-11)16-10-7-5-4-6-8-10/h9-10H,4-8H2,1-3H3,(H,15,16)(H,17,18). The lowest BCUT2D eigenvalue weighted by molar-refractivity contribution is 0.461. The summed E-state index contributed by atoms with van der Waals surface area (Å²) in [5.41, 5.74) is 0.699. The molecule has 1 saturated carbocycles. The lowest BCUT2D eigenvalue weighted by atomic mass is 9.93. The van der Waals surface area contributed by atoms with Crippen LogP contribution in [0.15, 0.2) is 11.0 Å². The van der Waals surface area contributed by atoms with Gasteiger partial charge in [0, 0.05) is 23.3 Å². The van der Waals surface area contributed by atoms with Crippen molar-refractivity contribution in [2.45, 2.75) is 64.3 Å². The zero-order chi connectivity index (χ0) is 13.2. The van der Waals surface area contributed by atoms with Crippen molar-refractivity contribution in [2.24, 2.45) is 0 Å². The molecular formula is C14H23N3O.